The van der Waals surface area contributed by atoms with Gasteiger partial charge in [-0.2, -0.15) is 0 Å². The van der Waals surface area contributed by atoms with E-state index in [4.69, 9.17) is 0 Å². The molecular weight excluding hydrogens is 340 g/mol. The second-order valence-electron chi connectivity index (χ2n) is 6.13. The van der Waals surface area contributed by atoms with Crippen molar-refractivity contribution in [3.8, 4) is 17.1 Å². The van der Waals surface area contributed by atoms with Gasteiger partial charge in [-0.1, -0.05) is 30.3 Å². The van der Waals surface area contributed by atoms with Crippen molar-refractivity contribution in [3.05, 3.63) is 72.7 Å². The number of anilines is 1. The van der Waals surface area contributed by atoms with Crippen LogP contribution in [0.1, 0.15) is 17.4 Å². The minimum absolute atomic E-state index is 0.154. The van der Waals surface area contributed by atoms with Crippen molar-refractivity contribution in [2.75, 3.05) is 5.32 Å². The fraction of sp³-hybridized carbons (Fsp3) is 0.0952. The third-order valence-electron chi connectivity index (χ3n) is 4.37. The molecule has 0 radical (unpaired) electrons. The molecule has 1 amide bonds. The summed E-state index contributed by atoms with van der Waals surface area (Å²) in [6.07, 6.45) is 3.12. The maximum absolute atomic E-state index is 12.7. The zero-order valence-corrected chi connectivity index (χ0v) is 14.8. The number of fused-ring (bicyclic) bond motifs is 1. The van der Waals surface area contributed by atoms with Crippen LogP contribution in [0.5, 0.6) is 5.75 Å². The van der Waals surface area contributed by atoms with Gasteiger partial charge in [-0.05, 0) is 31.2 Å². The van der Waals surface area contributed by atoms with E-state index in [1.807, 2.05) is 47.9 Å². The number of hydrogen-bond donors (Lipinski definition) is 2. The standard InChI is InChI=1S/C21H18N4O2/c1-2-25-18-9-4-3-6-14(18)11-19(25)21(27)24-16-12-22-20(23-13-16)15-7-5-8-17(26)10-15/h3-13,26H,2H2,1H3,(H,24,27). The number of amides is 1. The minimum atomic E-state index is -0.207. The summed E-state index contributed by atoms with van der Waals surface area (Å²) in [6, 6.07) is 16.5. The van der Waals surface area contributed by atoms with Crippen molar-refractivity contribution in [3.63, 3.8) is 0 Å². The molecule has 2 aromatic carbocycles. The molecule has 134 valence electrons. The van der Waals surface area contributed by atoms with E-state index in [1.54, 1.807) is 30.6 Å². The van der Waals surface area contributed by atoms with Crippen molar-refractivity contribution < 1.29 is 9.90 Å². The Bertz CT molecular complexity index is 1120. The van der Waals surface area contributed by atoms with Crippen LogP contribution in [0.25, 0.3) is 22.3 Å². The third-order valence-corrected chi connectivity index (χ3v) is 4.37. The Labute approximate surface area is 156 Å². The highest BCUT2D eigenvalue weighted by Crippen LogP contribution is 2.22. The number of aromatic nitrogens is 3. The Kier molecular flexibility index (Phi) is 4.30. The minimum Gasteiger partial charge on any atom is -0.508 e. The van der Waals surface area contributed by atoms with Crippen molar-refractivity contribution >= 4 is 22.5 Å². The molecule has 0 atom stereocenters. The molecule has 0 spiro atoms. The topological polar surface area (TPSA) is 80.0 Å². The van der Waals surface area contributed by atoms with E-state index >= 15 is 0 Å². The van der Waals surface area contributed by atoms with Crippen LogP contribution < -0.4 is 5.32 Å². The highest BCUT2D eigenvalue weighted by atomic mass is 16.3. The number of nitrogens with zero attached hydrogens (tertiary/aromatic N) is 3. The number of phenolic OH excluding ortho intramolecular Hbond substituents is 1. The lowest BCUT2D eigenvalue weighted by atomic mass is 10.2. The Morgan fingerprint density at radius 2 is 1.85 bits per heavy atom. The first-order valence-corrected chi connectivity index (χ1v) is 8.67. The molecule has 27 heavy (non-hydrogen) atoms. The van der Waals surface area contributed by atoms with Crippen LogP contribution in [0.2, 0.25) is 0 Å². The molecule has 0 saturated heterocycles. The van der Waals surface area contributed by atoms with E-state index < -0.39 is 0 Å². The van der Waals surface area contributed by atoms with Crippen LogP contribution in [0.3, 0.4) is 0 Å². The maximum atomic E-state index is 12.7. The van der Waals surface area contributed by atoms with Crippen LogP contribution in [-0.4, -0.2) is 25.5 Å². The van der Waals surface area contributed by atoms with Crippen LogP contribution in [0.15, 0.2) is 67.0 Å². The maximum Gasteiger partial charge on any atom is 0.272 e. The van der Waals surface area contributed by atoms with E-state index in [9.17, 15) is 9.90 Å². The molecule has 0 bridgehead atoms. The molecule has 2 aromatic heterocycles. The predicted octanol–water partition coefficient (Wildman–Crippen LogP) is 4.08. The predicted molar refractivity (Wildman–Crippen MR) is 105 cm³/mol. The van der Waals surface area contributed by atoms with E-state index in [1.165, 1.54) is 0 Å². The summed E-state index contributed by atoms with van der Waals surface area (Å²) in [5.74, 6) is 0.425. The number of carbonyl (C=O) groups is 1. The number of carbonyl (C=O) groups excluding carboxylic acids is 1. The molecule has 2 N–H and O–H groups in total. The number of aryl methyl sites for hydroxylation is 1. The van der Waals surface area contributed by atoms with E-state index in [0.29, 0.717) is 29.3 Å². The third kappa shape index (κ3) is 3.25. The largest absolute Gasteiger partial charge is 0.508 e. The lowest BCUT2D eigenvalue weighted by Crippen LogP contribution is -2.17. The van der Waals surface area contributed by atoms with E-state index in [2.05, 4.69) is 15.3 Å². The normalized spacial score (nSPS) is 10.9. The van der Waals surface area contributed by atoms with Gasteiger partial charge in [0.1, 0.15) is 11.4 Å². The molecule has 0 saturated carbocycles. The van der Waals surface area contributed by atoms with Gasteiger partial charge in [0.25, 0.3) is 5.91 Å². The lowest BCUT2D eigenvalue weighted by molar-refractivity contribution is 0.101. The SMILES string of the molecule is CCn1c(C(=O)Nc2cnc(-c3cccc(O)c3)nc2)cc2ccccc21. The van der Waals surface area contributed by atoms with Gasteiger partial charge in [0.05, 0.1) is 18.1 Å². The zero-order valence-electron chi connectivity index (χ0n) is 14.8. The molecule has 0 fully saturated rings. The first-order chi connectivity index (χ1) is 13.2. The second kappa shape index (κ2) is 6.92. The number of aromatic hydroxyl groups is 1. The summed E-state index contributed by atoms with van der Waals surface area (Å²) < 4.78 is 1.98. The Hall–Kier alpha value is -3.67. The lowest BCUT2D eigenvalue weighted by Gasteiger charge is -2.09. The Morgan fingerprint density at radius 3 is 2.59 bits per heavy atom. The van der Waals surface area contributed by atoms with Crippen LogP contribution in [0.4, 0.5) is 5.69 Å². The molecule has 6 heteroatoms. The summed E-state index contributed by atoms with van der Waals surface area (Å²) in [7, 11) is 0. The second-order valence-corrected chi connectivity index (χ2v) is 6.13. The van der Waals surface area contributed by atoms with E-state index in [0.717, 1.165) is 10.9 Å². The summed E-state index contributed by atoms with van der Waals surface area (Å²) >= 11 is 0. The van der Waals surface area contributed by atoms with Crippen LogP contribution in [0, 0.1) is 0 Å². The zero-order chi connectivity index (χ0) is 18.8. The average molecular weight is 358 g/mol. The number of hydrogen-bond acceptors (Lipinski definition) is 4. The molecule has 0 unspecified atom stereocenters. The van der Waals surface area contributed by atoms with Crippen molar-refractivity contribution in [2.45, 2.75) is 13.5 Å². The van der Waals surface area contributed by atoms with Crippen LogP contribution >= 0.6 is 0 Å². The average Bonchev–Trinajstić information content (AvgIpc) is 3.07. The molecule has 0 aliphatic heterocycles. The van der Waals surface area contributed by atoms with Gasteiger partial charge in [0.15, 0.2) is 5.82 Å². The number of rotatable bonds is 4. The first kappa shape index (κ1) is 16.8. The summed E-state index contributed by atoms with van der Waals surface area (Å²) in [4.78, 5) is 21.3. The number of benzene rings is 2. The molecule has 2 heterocycles. The fourth-order valence-corrected chi connectivity index (χ4v) is 3.12. The van der Waals surface area contributed by atoms with Gasteiger partial charge >= 0.3 is 0 Å². The number of nitrogens with one attached hydrogen (secondary N) is 1. The highest BCUT2D eigenvalue weighted by Gasteiger charge is 2.15. The van der Waals surface area contributed by atoms with Crippen LogP contribution in [-0.2, 0) is 6.54 Å². The molecule has 6 nitrogen and oxygen atoms in total. The summed E-state index contributed by atoms with van der Waals surface area (Å²) in [5.41, 5.74) is 2.84. The quantitative estimate of drug-likeness (QED) is 0.576. The van der Waals surface area contributed by atoms with Gasteiger partial charge in [-0.15, -0.1) is 0 Å². The summed E-state index contributed by atoms with van der Waals surface area (Å²) in [5, 5.41) is 13.4. The number of para-hydroxylation sites is 1. The van der Waals surface area contributed by atoms with Crippen molar-refractivity contribution in [1.82, 2.24) is 14.5 Å². The molecular formula is C21H18N4O2. The number of phenols is 1. The smallest absolute Gasteiger partial charge is 0.272 e. The summed E-state index contributed by atoms with van der Waals surface area (Å²) in [6.45, 7) is 2.71. The van der Waals surface area contributed by atoms with Crippen molar-refractivity contribution in [2.24, 2.45) is 0 Å². The molecule has 4 rings (SSSR count). The molecule has 0 aliphatic carbocycles. The van der Waals surface area contributed by atoms with Gasteiger partial charge in [-0.3, -0.25) is 4.79 Å². The van der Waals surface area contributed by atoms with E-state index in [-0.39, 0.29) is 11.7 Å². The van der Waals surface area contributed by atoms with Gasteiger partial charge < -0.3 is 15.0 Å². The Morgan fingerprint density at radius 1 is 1.07 bits per heavy atom. The molecule has 4 aromatic rings. The van der Waals surface area contributed by atoms with Gasteiger partial charge in [0.2, 0.25) is 0 Å². The first-order valence-electron chi connectivity index (χ1n) is 8.67. The highest BCUT2D eigenvalue weighted by molar-refractivity contribution is 6.06. The monoisotopic (exact) mass is 358 g/mol. The fourth-order valence-electron chi connectivity index (χ4n) is 3.12. The van der Waals surface area contributed by atoms with Gasteiger partial charge in [-0.25, -0.2) is 9.97 Å². The Balaban J connectivity index is 1.58. The molecule has 0 aliphatic rings. The van der Waals surface area contributed by atoms with Crippen molar-refractivity contribution in [1.29, 1.82) is 0 Å². The van der Waals surface area contributed by atoms with Gasteiger partial charge in [0, 0.05) is 23.0 Å².